The summed E-state index contributed by atoms with van der Waals surface area (Å²) in [6.45, 7) is 6.11. The number of hydrogen-bond acceptors (Lipinski definition) is 2. The van der Waals surface area contributed by atoms with Gasteiger partial charge >= 0.3 is 0 Å². The largest absolute Gasteiger partial charge is 0.294 e. The zero-order valence-corrected chi connectivity index (χ0v) is 9.24. The molecule has 0 spiro atoms. The zero-order chi connectivity index (χ0) is 11.0. The molecule has 0 aliphatic rings. The summed E-state index contributed by atoms with van der Waals surface area (Å²) in [5, 5.41) is 3.02. The Morgan fingerprint density at radius 1 is 1.47 bits per heavy atom. The van der Waals surface area contributed by atoms with Gasteiger partial charge in [-0.2, -0.15) is 0 Å². The highest BCUT2D eigenvalue weighted by molar-refractivity contribution is 5.40. The molecule has 0 aromatic carbocycles. The first-order chi connectivity index (χ1) is 7.11. The van der Waals surface area contributed by atoms with Gasteiger partial charge in [0.1, 0.15) is 0 Å². The molecule has 4 heteroatoms. The molecule has 2 aromatic rings. The van der Waals surface area contributed by atoms with Crippen molar-refractivity contribution >= 4 is 5.65 Å². The van der Waals surface area contributed by atoms with Gasteiger partial charge in [-0.15, -0.1) is 0 Å². The number of hydrogen-bond donors (Lipinski definition) is 1. The van der Waals surface area contributed by atoms with Crippen molar-refractivity contribution < 1.29 is 0 Å². The molecule has 0 unspecified atom stereocenters. The van der Waals surface area contributed by atoms with E-state index in [0.29, 0.717) is 5.65 Å². The Balaban J connectivity index is 2.70. The van der Waals surface area contributed by atoms with Crippen LogP contribution in [-0.4, -0.2) is 14.6 Å². The van der Waals surface area contributed by atoms with Gasteiger partial charge in [0.15, 0.2) is 5.65 Å². The molecule has 2 rings (SSSR count). The summed E-state index contributed by atoms with van der Waals surface area (Å²) in [6, 6.07) is 3.51. The second-order valence-corrected chi connectivity index (χ2v) is 4.00. The van der Waals surface area contributed by atoms with Crippen LogP contribution >= 0.6 is 0 Å². The molecule has 0 fully saturated rings. The molecular weight excluding hydrogens is 190 g/mol. The molecule has 0 aliphatic heterocycles. The highest BCUT2D eigenvalue weighted by atomic mass is 16.1. The SMILES string of the molecule is CCc1cc2nc(C(C)C)cc(=O)n2[nH]1. The number of H-pyrrole nitrogens is 1. The number of aromatic nitrogens is 3. The smallest absolute Gasteiger partial charge is 0.272 e. The van der Waals surface area contributed by atoms with Gasteiger partial charge in [0, 0.05) is 17.8 Å². The van der Waals surface area contributed by atoms with Crippen molar-refractivity contribution in [1.29, 1.82) is 0 Å². The van der Waals surface area contributed by atoms with Crippen LogP contribution in [0.2, 0.25) is 0 Å². The van der Waals surface area contributed by atoms with Gasteiger partial charge in [-0.1, -0.05) is 20.8 Å². The summed E-state index contributed by atoms with van der Waals surface area (Å²) in [5.41, 5.74) is 2.55. The van der Waals surface area contributed by atoms with Crippen LogP contribution in [0.15, 0.2) is 16.9 Å². The fourth-order valence-corrected chi connectivity index (χ4v) is 1.54. The molecule has 0 radical (unpaired) electrons. The van der Waals surface area contributed by atoms with Crippen molar-refractivity contribution in [1.82, 2.24) is 14.6 Å². The van der Waals surface area contributed by atoms with Crippen molar-refractivity contribution in [3.05, 3.63) is 33.9 Å². The lowest BCUT2D eigenvalue weighted by Crippen LogP contribution is -2.16. The first kappa shape index (κ1) is 9.96. The number of nitrogens with zero attached hydrogens (tertiary/aromatic N) is 2. The van der Waals surface area contributed by atoms with Crippen LogP contribution in [0.1, 0.15) is 38.1 Å². The Labute approximate surface area is 87.9 Å². The fourth-order valence-electron chi connectivity index (χ4n) is 1.54. The number of aryl methyl sites for hydroxylation is 1. The summed E-state index contributed by atoms with van der Waals surface area (Å²) in [7, 11) is 0. The molecule has 0 atom stereocenters. The summed E-state index contributed by atoms with van der Waals surface area (Å²) in [4.78, 5) is 16.2. The molecule has 2 aromatic heterocycles. The lowest BCUT2D eigenvalue weighted by Gasteiger charge is -2.02. The molecule has 2 heterocycles. The molecule has 15 heavy (non-hydrogen) atoms. The van der Waals surface area contributed by atoms with Gasteiger partial charge < -0.3 is 0 Å². The number of nitrogens with one attached hydrogen (secondary N) is 1. The Kier molecular flexibility index (Phi) is 2.34. The minimum absolute atomic E-state index is 0.0385. The molecule has 4 nitrogen and oxygen atoms in total. The average Bonchev–Trinajstić information content (AvgIpc) is 2.61. The van der Waals surface area contributed by atoms with E-state index in [2.05, 4.69) is 10.1 Å². The van der Waals surface area contributed by atoms with Crippen molar-refractivity contribution in [2.24, 2.45) is 0 Å². The quantitative estimate of drug-likeness (QED) is 0.811. The number of rotatable bonds is 2. The fraction of sp³-hybridized carbons (Fsp3) is 0.455. The van der Waals surface area contributed by atoms with Gasteiger partial charge in [-0.25, -0.2) is 9.50 Å². The third kappa shape index (κ3) is 1.67. The summed E-state index contributed by atoms with van der Waals surface area (Å²) in [6.07, 6.45) is 0.875. The molecule has 0 bridgehead atoms. The summed E-state index contributed by atoms with van der Waals surface area (Å²) >= 11 is 0. The van der Waals surface area contributed by atoms with Crippen molar-refractivity contribution in [3.63, 3.8) is 0 Å². The molecule has 1 N–H and O–H groups in total. The summed E-state index contributed by atoms with van der Waals surface area (Å²) < 4.78 is 1.49. The Morgan fingerprint density at radius 2 is 2.20 bits per heavy atom. The van der Waals surface area contributed by atoms with E-state index < -0.39 is 0 Å². The molecule has 0 aliphatic carbocycles. The third-order valence-corrected chi connectivity index (χ3v) is 2.50. The Hall–Kier alpha value is -1.58. The van der Waals surface area contributed by atoms with Crippen LogP contribution in [0.4, 0.5) is 0 Å². The Bertz CT molecular complexity index is 536. The lowest BCUT2D eigenvalue weighted by molar-refractivity contribution is 0.790. The first-order valence-corrected chi connectivity index (χ1v) is 5.23. The van der Waals surface area contributed by atoms with Gasteiger partial charge in [0.25, 0.3) is 5.56 Å². The Morgan fingerprint density at radius 3 is 2.80 bits per heavy atom. The standard InChI is InChI=1S/C11H15N3O/c1-4-8-5-10-12-9(7(2)3)6-11(15)14(10)13-8/h5-7,13H,4H2,1-3H3. The highest BCUT2D eigenvalue weighted by Gasteiger charge is 2.07. The average molecular weight is 205 g/mol. The van der Waals surface area contributed by atoms with E-state index >= 15 is 0 Å². The molecule has 0 saturated heterocycles. The van der Waals surface area contributed by atoms with E-state index in [1.165, 1.54) is 4.52 Å². The van der Waals surface area contributed by atoms with Crippen LogP contribution in [0.25, 0.3) is 5.65 Å². The van der Waals surface area contributed by atoms with Crippen molar-refractivity contribution in [2.45, 2.75) is 33.1 Å². The summed E-state index contributed by atoms with van der Waals surface area (Å²) in [5.74, 6) is 0.280. The zero-order valence-electron chi connectivity index (χ0n) is 9.24. The van der Waals surface area contributed by atoms with Crippen LogP contribution in [0.5, 0.6) is 0 Å². The first-order valence-electron chi connectivity index (χ1n) is 5.23. The topological polar surface area (TPSA) is 50.2 Å². The number of aromatic amines is 1. The lowest BCUT2D eigenvalue weighted by atomic mass is 10.1. The van der Waals surface area contributed by atoms with E-state index in [4.69, 9.17) is 0 Å². The monoisotopic (exact) mass is 205 g/mol. The van der Waals surface area contributed by atoms with Gasteiger partial charge in [0.05, 0.1) is 5.69 Å². The maximum atomic E-state index is 11.7. The van der Waals surface area contributed by atoms with Gasteiger partial charge in [-0.3, -0.25) is 9.89 Å². The van der Waals surface area contributed by atoms with Crippen LogP contribution in [0.3, 0.4) is 0 Å². The van der Waals surface area contributed by atoms with Gasteiger partial charge in [-0.05, 0) is 12.3 Å². The van der Waals surface area contributed by atoms with E-state index in [9.17, 15) is 4.79 Å². The molecule has 0 amide bonds. The van der Waals surface area contributed by atoms with Crippen molar-refractivity contribution in [2.75, 3.05) is 0 Å². The van der Waals surface area contributed by atoms with Crippen LogP contribution < -0.4 is 5.56 Å². The van der Waals surface area contributed by atoms with Crippen LogP contribution in [0, 0.1) is 0 Å². The normalized spacial score (nSPS) is 11.5. The molecular formula is C11H15N3O. The maximum absolute atomic E-state index is 11.7. The number of fused-ring (bicyclic) bond motifs is 1. The van der Waals surface area contributed by atoms with E-state index in [1.807, 2.05) is 26.8 Å². The maximum Gasteiger partial charge on any atom is 0.272 e. The minimum Gasteiger partial charge on any atom is -0.294 e. The van der Waals surface area contributed by atoms with E-state index in [-0.39, 0.29) is 11.5 Å². The predicted molar refractivity (Wildman–Crippen MR) is 59.3 cm³/mol. The highest BCUT2D eigenvalue weighted by Crippen LogP contribution is 2.10. The third-order valence-electron chi connectivity index (χ3n) is 2.50. The van der Waals surface area contributed by atoms with E-state index in [1.54, 1.807) is 6.07 Å². The van der Waals surface area contributed by atoms with Gasteiger partial charge in [0.2, 0.25) is 0 Å². The van der Waals surface area contributed by atoms with Crippen molar-refractivity contribution in [3.8, 4) is 0 Å². The minimum atomic E-state index is -0.0385. The molecule has 80 valence electrons. The second-order valence-electron chi connectivity index (χ2n) is 4.00. The van der Waals surface area contributed by atoms with Crippen LogP contribution in [-0.2, 0) is 6.42 Å². The van der Waals surface area contributed by atoms with E-state index in [0.717, 1.165) is 17.8 Å². The predicted octanol–water partition coefficient (Wildman–Crippen LogP) is 1.71. The second kappa shape index (κ2) is 3.53. The molecule has 0 saturated carbocycles.